The van der Waals surface area contributed by atoms with Crippen LogP contribution in [-0.2, 0) is 4.79 Å². The van der Waals surface area contributed by atoms with Crippen LogP contribution < -0.4 is 5.73 Å². The summed E-state index contributed by atoms with van der Waals surface area (Å²) in [5.74, 6) is -0.530. The third-order valence-electron chi connectivity index (χ3n) is 3.81. The Labute approximate surface area is 121 Å². The average molecular weight is 288 g/mol. The number of carbonyl (C=O) groups excluding carboxylic acids is 2. The van der Waals surface area contributed by atoms with E-state index in [9.17, 15) is 9.59 Å². The fourth-order valence-corrected chi connectivity index (χ4v) is 3.45. The Balaban J connectivity index is 1.82. The van der Waals surface area contributed by atoms with Gasteiger partial charge in [0.25, 0.3) is 5.91 Å². The van der Waals surface area contributed by atoms with Gasteiger partial charge in [0.2, 0.25) is 5.91 Å². The first kappa shape index (κ1) is 13.1. The summed E-state index contributed by atoms with van der Waals surface area (Å²) in [6.45, 7) is 1.14. The molecule has 0 saturated carbocycles. The molecular weight excluding hydrogens is 272 g/mol. The molecule has 1 aromatic heterocycles. The van der Waals surface area contributed by atoms with Gasteiger partial charge in [-0.1, -0.05) is 0 Å². The lowest BCUT2D eigenvalue weighted by molar-refractivity contribution is -0.123. The van der Waals surface area contributed by atoms with Crippen LogP contribution in [0.25, 0.3) is 10.1 Å². The topological polar surface area (TPSA) is 63.4 Å². The van der Waals surface area contributed by atoms with Crippen LogP contribution in [0, 0.1) is 5.92 Å². The lowest BCUT2D eigenvalue weighted by atomic mass is 9.97. The minimum atomic E-state index is -0.309. The van der Waals surface area contributed by atoms with Gasteiger partial charge in [0.1, 0.15) is 0 Å². The molecule has 5 heteroatoms. The largest absolute Gasteiger partial charge is 0.369 e. The van der Waals surface area contributed by atoms with Crippen molar-refractivity contribution in [2.75, 3.05) is 13.1 Å². The van der Waals surface area contributed by atoms with Crippen molar-refractivity contribution < 1.29 is 9.59 Å². The van der Waals surface area contributed by atoms with E-state index in [1.165, 1.54) is 4.70 Å². The number of likely N-dealkylation sites (tertiary alicyclic amines) is 1. The lowest BCUT2D eigenvalue weighted by Crippen LogP contribution is -2.44. The van der Waals surface area contributed by atoms with Crippen LogP contribution in [0.1, 0.15) is 23.2 Å². The summed E-state index contributed by atoms with van der Waals surface area (Å²) in [5.41, 5.74) is 6.03. The molecule has 1 saturated heterocycles. The van der Waals surface area contributed by atoms with Gasteiger partial charge in [0.05, 0.1) is 5.92 Å². The van der Waals surface area contributed by atoms with Crippen molar-refractivity contribution in [3.63, 3.8) is 0 Å². The maximum absolute atomic E-state index is 12.5. The summed E-state index contributed by atoms with van der Waals surface area (Å²) in [4.78, 5) is 25.5. The number of nitrogens with zero attached hydrogens (tertiary/aromatic N) is 1. The number of carbonyl (C=O) groups is 2. The number of primary amides is 1. The molecule has 0 aliphatic carbocycles. The molecule has 0 spiro atoms. The van der Waals surface area contributed by atoms with Crippen LogP contribution >= 0.6 is 11.3 Å². The number of piperidine rings is 1. The van der Waals surface area contributed by atoms with E-state index in [0.29, 0.717) is 18.7 Å². The van der Waals surface area contributed by atoms with Crippen LogP contribution in [0.4, 0.5) is 0 Å². The van der Waals surface area contributed by atoms with E-state index in [-0.39, 0.29) is 17.7 Å². The molecule has 1 aliphatic rings. The van der Waals surface area contributed by atoms with E-state index in [2.05, 4.69) is 0 Å². The summed E-state index contributed by atoms with van der Waals surface area (Å²) in [6, 6.07) is 7.76. The van der Waals surface area contributed by atoms with Crippen LogP contribution in [0.15, 0.2) is 29.6 Å². The Bertz CT molecular complexity index is 665. The van der Waals surface area contributed by atoms with Gasteiger partial charge in [-0.2, -0.15) is 0 Å². The monoisotopic (exact) mass is 288 g/mol. The zero-order valence-corrected chi connectivity index (χ0v) is 11.9. The third kappa shape index (κ3) is 2.41. The molecule has 3 rings (SSSR count). The molecule has 20 heavy (non-hydrogen) atoms. The predicted molar refractivity (Wildman–Crippen MR) is 79.6 cm³/mol. The average Bonchev–Trinajstić information content (AvgIpc) is 2.94. The van der Waals surface area contributed by atoms with Gasteiger partial charge in [0, 0.05) is 23.4 Å². The number of thiophene rings is 1. The van der Waals surface area contributed by atoms with Crippen molar-refractivity contribution in [1.29, 1.82) is 0 Å². The minimum Gasteiger partial charge on any atom is -0.369 e. The van der Waals surface area contributed by atoms with Gasteiger partial charge in [-0.25, -0.2) is 0 Å². The maximum Gasteiger partial charge on any atom is 0.253 e. The normalized spacial score (nSPS) is 19.2. The van der Waals surface area contributed by atoms with E-state index in [1.54, 1.807) is 16.2 Å². The molecule has 1 unspecified atom stereocenters. The fraction of sp³-hybridized carbons (Fsp3) is 0.333. The van der Waals surface area contributed by atoms with Gasteiger partial charge >= 0.3 is 0 Å². The van der Waals surface area contributed by atoms with Gasteiger partial charge in [-0.15, -0.1) is 11.3 Å². The first-order valence-corrected chi connectivity index (χ1v) is 7.59. The van der Waals surface area contributed by atoms with Gasteiger partial charge in [0.15, 0.2) is 0 Å². The Morgan fingerprint density at radius 2 is 2.15 bits per heavy atom. The molecule has 104 valence electrons. The van der Waals surface area contributed by atoms with Crippen molar-refractivity contribution >= 4 is 33.2 Å². The Kier molecular flexibility index (Phi) is 3.44. The molecule has 0 radical (unpaired) electrons. The Morgan fingerprint density at radius 3 is 2.95 bits per heavy atom. The molecule has 1 aromatic carbocycles. The lowest BCUT2D eigenvalue weighted by Gasteiger charge is -2.31. The molecule has 4 nitrogen and oxygen atoms in total. The van der Waals surface area contributed by atoms with Crippen LogP contribution in [0.5, 0.6) is 0 Å². The second-order valence-corrected chi connectivity index (χ2v) is 6.11. The van der Waals surface area contributed by atoms with Gasteiger partial charge < -0.3 is 10.6 Å². The van der Waals surface area contributed by atoms with Crippen molar-refractivity contribution in [3.8, 4) is 0 Å². The fourth-order valence-electron chi connectivity index (χ4n) is 2.68. The van der Waals surface area contributed by atoms with Crippen LogP contribution in [-0.4, -0.2) is 29.8 Å². The molecule has 2 N–H and O–H groups in total. The van der Waals surface area contributed by atoms with E-state index in [0.717, 1.165) is 18.2 Å². The molecule has 2 amide bonds. The SMILES string of the molecule is NC(=O)C1CCCN(C(=O)c2ccc3sccc3c2)C1. The third-order valence-corrected chi connectivity index (χ3v) is 4.71. The molecule has 1 fully saturated rings. The van der Waals surface area contributed by atoms with Crippen molar-refractivity contribution in [3.05, 3.63) is 35.2 Å². The standard InChI is InChI=1S/C15H16N2O2S/c16-14(18)12-2-1-6-17(9-12)15(19)11-3-4-13-10(8-11)5-7-20-13/h3-5,7-8,12H,1-2,6,9H2,(H2,16,18). The van der Waals surface area contributed by atoms with E-state index < -0.39 is 0 Å². The minimum absolute atomic E-state index is 0.0101. The number of fused-ring (bicyclic) bond motifs is 1. The molecule has 2 aromatic rings. The summed E-state index contributed by atoms with van der Waals surface area (Å²) < 4.78 is 1.18. The predicted octanol–water partition coefficient (Wildman–Crippen LogP) is 2.24. The number of nitrogens with two attached hydrogens (primary N) is 1. The number of amides is 2. The summed E-state index contributed by atoms with van der Waals surface area (Å²) >= 11 is 1.66. The second kappa shape index (κ2) is 5.25. The summed E-state index contributed by atoms with van der Waals surface area (Å²) in [7, 11) is 0. The van der Waals surface area contributed by atoms with E-state index in [1.807, 2.05) is 29.6 Å². The number of rotatable bonds is 2. The molecule has 2 heterocycles. The Morgan fingerprint density at radius 1 is 1.30 bits per heavy atom. The zero-order valence-electron chi connectivity index (χ0n) is 11.0. The van der Waals surface area contributed by atoms with E-state index >= 15 is 0 Å². The van der Waals surface area contributed by atoms with Crippen molar-refractivity contribution in [1.82, 2.24) is 4.90 Å². The van der Waals surface area contributed by atoms with Crippen LogP contribution in [0.2, 0.25) is 0 Å². The molecule has 0 bridgehead atoms. The van der Waals surface area contributed by atoms with Gasteiger partial charge in [-0.3, -0.25) is 9.59 Å². The highest BCUT2D eigenvalue weighted by atomic mass is 32.1. The smallest absolute Gasteiger partial charge is 0.253 e. The Hall–Kier alpha value is -1.88. The van der Waals surface area contributed by atoms with Crippen LogP contribution in [0.3, 0.4) is 0 Å². The number of hydrogen-bond acceptors (Lipinski definition) is 3. The zero-order chi connectivity index (χ0) is 14.1. The highest BCUT2D eigenvalue weighted by molar-refractivity contribution is 7.17. The maximum atomic E-state index is 12.5. The highest BCUT2D eigenvalue weighted by Crippen LogP contribution is 2.24. The quantitative estimate of drug-likeness (QED) is 0.921. The number of hydrogen-bond donors (Lipinski definition) is 1. The first-order valence-electron chi connectivity index (χ1n) is 6.71. The summed E-state index contributed by atoms with van der Waals surface area (Å²) in [5, 5.41) is 3.10. The van der Waals surface area contributed by atoms with E-state index in [4.69, 9.17) is 5.73 Å². The first-order chi connectivity index (χ1) is 9.65. The van der Waals surface area contributed by atoms with Crippen molar-refractivity contribution in [2.45, 2.75) is 12.8 Å². The number of benzene rings is 1. The molecular formula is C15H16N2O2S. The molecule has 1 aliphatic heterocycles. The highest BCUT2D eigenvalue weighted by Gasteiger charge is 2.27. The van der Waals surface area contributed by atoms with Gasteiger partial charge in [-0.05, 0) is 47.9 Å². The second-order valence-electron chi connectivity index (χ2n) is 5.17. The summed E-state index contributed by atoms with van der Waals surface area (Å²) in [6.07, 6.45) is 1.61. The van der Waals surface area contributed by atoms with Crippen molar-refractivity contribution in [2.24, 2.45) is 11.7 Å². The molecule has 1 atom stereocenters.